The molecule has 0 radical (unpaired) electrons. The Morgan fingerprint density at radius 3 is 1.45 bits per heavy atom. The molecule has 11 heavy (non-hydrogen) atoms. The quantitative estimate of drug-likeness (QED) is 0.515. The molecule has 0 rings (SSSR count). The number of carbonyl (C=O) groups excluding carboxylic acids is 2. The number of hydrogen-bond donors (Lipinski definition) is 0. The molecule has 0 aromatic carbocycles. The van der Waals surface area contributed by atoms with Gasteiger partial charge in [-0.3, -0.25) is 9.59 Å². The zero-order chi connectivity index (χ0) is 7.98. The topological polar surface area (TPSA) is 84.1 Å². The molecular formula is C6H12O5. The Kier molecular flexibility index (Phi) is 8.01. The molecule has 5 nitrogen and oxygen atoms in total. The van der Waals surface area contributed by atoms with Gasteiger partial charge in [-0.05, 0) is 0 Å². The Morgan fingerprint density at radius 2 is 1.27 bits per heavy atom. The van der Waals surface area contributed by atoms with Crippen LogP contribution in [0.3, 0.4) is 0 Å². The predicted octanol–water partition coefficient (Wildman–Crippen LogP) is -0.712. The predicted molar refractivity (Wildman–Crippen MR) is 36.9 cm³/mol. The molecule has 0 heterocycles. The van der Waals surface area contributed by atoms with Gasteiger partial charge in [0, 0.05) is 0 Å². The SMILES string of the molecule is COC(=O)CCC(=O)OC.O. The number of rotatable bonds is 3. The van der Waals surface area contributed by atoms with Crippen molar-refractivity contribution in [3.05, 3.63) is 0 Å². The fraction of sp³-hybridized carbons (Fsp3) is 0.667. The summed E-state index contributed by atoms with van der Waals surface area (Å²) < 4.78 is 8.60. The highest BCUT2D eigenvalue weighted by Crippen LogP contribution is 1.92. The maximum Gasteiger partial charge on any atom is 0.306 e. The minimum atomic E-state index is -0.398. The average Bonchev–Trinajstić information content (AvgIpc) is 1.99. The van der Waals surface area contributed by atoms with Gasteiger partial charge in [0.15, 0.2) is 0 Å². The molecule has 0 amide bonds. The number of ether oxygens (including phenoxy) is 2. The van der Waals surface area contributed by atoms with Gasteiger partial charge >= 0.3 is 11.9 Å². The molecule has 0 saturated carbocycles. The van der Waals surface area contributed by atoms with Crippen molar-refractivity contribution >= 4 is 11.9 Å². The number of hydrogen-bond acceptors (Lipinski definition) is 4. The summed E-state index contributed by atoms with van der Waals surface area (Å²) in [5, 5.41) is 0. The smallest absolute Gasteiger partial charge is 0.306 e. The molecule has 66 valence electrons. The van der Waals surface area contributed by atoms with Crippen LogP contribution >= 0.6 is 0 Å². The van der Waals surface area contributed by atoms with Crippen LogP contribution in [0.2, 0.25) is 0 Å². The van der Waals surface area contributed by atoms with E-state index in [1.807, 2.05) is 0 Å². The maximum absolute atomic E-state index is 10.4. The highest BCUT2D eigenvalue weighted by atomic mass is 16.5. The Labute approximate surface area is 64.6 Å². The second-order valence-electron chi connectivity index (χ2n) is 1.65. The Morgan fingerprint density at radius 1 is 1.00 bits per heavy atom. The van der Waals surface area contributed by atoms with E-state index in [-0.39, 0.29) is 18.3 Å². The first-order chi connectivity index (χ1) is 4.70. The van der Waals surface area contributed by atoms with Crippen molar-refractivity contribution in [2.24, 2.45) is 0 Å². The number of methoxy groups -OCH3 is 2. The molecule has 0 aliphatic rings. The lowest BCUT2D eigenvalue weighted by Crippen LogP contribution is -2.06. The lowest BCUT2D eigenvalue weighted by atomic mass is 10.3. The second-order valence-corrected chi connectivity index (χ2v) is 1.65. The molecule has 0 bridgehead atoms. The van der Waals surface area contributed by atoms with Gasteiger partial charge in [-0.15, -0.1) is 0 Å². The van der Waals surface area contributed by atoms with E-state index in [4.69, 9.17) is 0 Å². The largest absolute Gasteiger partial charge is 0.469 e. The summed E-state index contributed by atoms with van der Waals surface area (Å²) in [5.41, 5.74) is 0. The first kappa shape index (κ1) is 12.6. The molecule has 0 spiro atoms. The lowest BCUT2D eigenvalue weighted by molar-refractivity contribution is -0.147. The van der Waals surface area contributed by atoms with E-state index in [0.29, 0.717) is 0 Å². The monoisotopic (exact) mass is 164 g/mol. The van der Waals surface area contributed by atoms with E-state index in [9.17, 15) is 9.59 Å². The minimum Gasteiger partial charge on any atom is -0.469 e. The van der Waals surface area contributed by atoms with Gasteiger partial charge in [0.25, 0.3) is 0 Å². The summed E-state index contributed by atoms with van der Waals surface area (Å²) in [4.78, 5) is 20.8. The van der Waals surface area contributed by atoms with Crippen molar-refractivity contribution in [3.63, 3.8) is 0 Å². The van der Waals surface area contributed by atoms with Crippen LogP contribution in [-0.2, 0) is 19.1 Å². The average molecular weight is 164 g/mol. The van der Waals surface area contributed by atoms with Gasteiger partial charge in [-0.1, -0.05) is 0 Å². The van der Waals surface area contributed by atoms with Crippen molar-refractivity contribution in [2.45, 2.75) is 12.8 Å². The molecule has 0 aliphatic carbocycles. The number of carbonyl (C=O) groups is 2. The van der Waals surface area contributed by atoms with Crippen molar-refractivity contribution in [2.75, 3.05) is 14.2 Å². The normalized spacial score (nSPS) is 7.82. The molecule has 2 N–H and O–H groups in total. The van der Waals surface area contributed by atoms with Gasteiger partial charge in [-0.2, -0.15) is 0 Å². The fourth-order valence-corrected chi connectivity index (χ4v) is 0.408. The summed E-state index contributed by atoms with van der Waals surface area (Å²) in [6, 6.07) is 0. The molecule has 0 atom stereocenters. The summed E-state index contributed by atoms with van der Waals surface area (Å²) in [6.07, 6.45) is 0.173. The van der Waals surface area contributed by atoms with Gasteiger partial charge in [-0.25, -0.2) is 0 Å². The van der Waals surface area contributed by atoms with E-state index in [2.05, 4.69) is 9.47 Å². The van der Waals surface area contributed by atoms with Gasteiger partial charge in [0.2, 0.25) is 0 Å². The zero-order valence-electron chi connectivity index (χ0n) is 6.55. The number of esters is 2. The van der Waals surface area contributed by atoms with Crippen LogP contribution in [0.4, 0.5) is 0 Å². The highest BCUT2D eigenvalue weighted by molar-refractivity contribution is 5.77. The van der Waals surface area contributed by atoms with E-state index in [1.54, 1.807) is 0 Å². The summed E-state index contributed by atoms with van der Waals surface area (Å²) in [5.74, 6) is -0.796. The van der Waals surface area contributed by atoms with Crippen LogP contribution in [0.15, 0.2) is 0 Å². The first-order valence-electron chi connectivity index (χ1n) is 2.84. The van der Waals surface area contributed by atoms with E-state index >= 15 is 0 Å². The third-order valence-electron chi connectivity index (χ3n) is 0.989. The van der Waals surface area contributed by atoms with Gasteiger partial charge < -0.3 is 14.9 Å². The molecule has 0 aliphatic heterocycles. The summed E-state index contributed by atoms with van der Waals surface area (Å²) in [7, 11) is 2.55. The van der Waals surface area contributed by atoms with E-state index < -0.39 is 11.9 Å². The van der Waals surface area contributed by atoms with Gasteiger partial charge in [0.05, 0.1) is 27.1 Å². The van der Waals surface area contributed by atoms with Gasteiger partial charge in [0.1, 0.15) is 0 Å². The first-order valence-corrected chi connectivity index (χ1v) is 2.84. The standard InChI is InChI=1S/C6H10O4.H2O/c1-9-5(7)3-4-6(8)10-2;/h3-4H2,1-2H3;1H2. The molecular weight excluding hydrogens is 152 g/mol. The van der Waals surface area contributed by atoms with Crippen molar-refractivity contribution in [3.8, 4) is 0 Å². The van der Waals surface area contributed by atoms with Crippen molar-refractivity contribution in [1.29, 1.82) is 0 Å². The van der Waals surface area contributed by atoms with E-state index in [0.717, 1.165) is 0 Å². The van der Waals surface area contributed by atoms with Crippen molar-refractivity contribution in [1.82, 2.24) is 0 Å². The summed E-state index contributed by atoms with van der Waals surface area (Å²) in [6.45, 7) is 0. The van der Waals surface area contributed by atoms with Crippen LogP contribution < -0.4 is 0 Å². The maximum atomic E-state index is 10.4. The molecule has 0 aromatic rings. The summed E-state index contributed by atoms with van der Waals surface area (Å²) >= 11 is 0. The van der Waals surface area contributed by atoms with Crippen LogP contribution in [0.25, 0.3) is 0 Å². The third kappa shape index (κ3) is 6.79. The van der Waals surface area contributed by atoms with Crippen LogP contribution in [0, 0.1) is 0 Å². The lowest BCUT2D eigenvalue weighted by Gasteiger charge is -1.96. The fourth-order valence-electron chi connectivity index (χ4n) is 0.408. The minimum absolute atomic E-state index is 0. The van der Waals surface area contributed by atoms with Crippen molar-refractivity contribution < 1.29 is 24.5 Å². The second kappa shape index (κ2) is 7.01. The highest BCUT2D eigenvalue weighted by Gasteiger charge is 2.04. The Bertz CT molecular complexity index is 115. The molecule has 5 heteroatoms. The zero-order valence-corrected chi connectivity index (χ0v) is 6.55. The Balaban J connectivity index is 0. The molecule has 0 saturated heterocycles. The molecule has 0 aromatic heterocycles. The molecule has 0 unspecified atom stereocenters. The van der Waals surface area contributed by atoms with Crippen LogP contribution in [-0.4, -0.2) is 31.6 Å². The molecule has 0 fully saturated rings. The van der Waals surface area contributed by atoms with E-state index in [1.165, 1.54) is 14.2 Å². The van der Waals surface area contributed by atoms with Crippen LogP contribution in [0.1, 0.15) is 12.8 Å². The Hall–Kier alpha value is -1.10. The third-order valence-corrected chi connectivity index (χ3v) is 0.989. The van der Waals surface area contributed by atoms with Crippen LogP contribution in [0.5, 0.6) is 0 Å².